The van der Waals surface area contributed by atoms with Gasteiger partial charge in [-0.2, -0.15) is 0 Å². The van der Waals surface area contributed by atoms with Gasteiger partial charge in [0.15, 0.2) is 0 Å². The number of hydrogen-bond acceptors (Lipinski definition) is 7. The zero-order valence-corrected chi connectivity index (χ0v) is 34.8. The van der Waals surface area contributed by atoms with E-state index in [9.17, 15) is 15.3 Å². The fourth-order valence-corrected chi connectivity index (χ4v) is 7.76. The van der Waals surface area contributed by atoms with Gasteiger partial charge in [-0.05, 0) is 19.3 Å². The van der Waals surface area contributed by atoms with Crippen LogP contribution >= 0.6 is 0 Å². The lowest BCUT2D eigenvalue weighted by atomic mass is 10.0. The van der Waals surface area contributed by atoms with Crippen molar-refractivity contribution in [2.45, 2.75) is 212 Å². The van der Waals surface area contributed by atoms with Crippen LogP contribution in [0.5, 0.6) is 0 Å². The molecule has 7 heteroatoms. The van der Waals surface area contributed by atoms with Gasteiger partial charge in [-0.15, -0.1) is 0 Å². The minimum atomic E-state index is -0.345. The smallest absolute Gasteiger partial charge is 0.0667 e. The van der Waals surface area contributed by atoms with Crippen LogP contribution in [-0.4, -0.2) is 120 Å². The highest BCUT2D eigenvalue weighted by atomic mass is 16.3. The van der Waals surface area contributed by atoms with Crippen molar-refractivity contribution in [2.24, 2.45) is 0 Å². The van der Waals surface area contributed by atoms with Crippen molar-refractivity contribution in [1.82, 2.24) is 20.0 Å². The second-order valence-corrected chi connectivity index (χ2v) is 16.4. The summed E-state index contributed by atoms with van der Waals surface area (Å²) >= 11 is 0. The summed E-state index contributed by atoms with van der Waals surface area (Å²) in [5.41, 5.74) is 0. The predicted molar refractivity (Wildman–Crippen MR) is 222 cm³/mol. The minimum absolute atomic E-state index is 0.290. The number of nitrogens with one attached hydrogen (secondary N) is 1. The molecular weight excluding hydrogens is 633 g/mol. The van der Waals surface area contributed by atoms with Gasteiger partial charge in [-0.3, -0.25) is 14.7 Å². The van der Waals surface area contributed by atoms with Crippen molar-refractivity contribution in [3.8, 4) is 0 Å². The molecule has 51 heavy (non-hydrogen) atoms. The van der Waals surface area contributed by atoms with Crippen molar-refractivity contribution in [2.75, 3.05) is 72.0 Å². The Bertz CT molecular complexity index is 667. The van der Waals surface area contributed by atoms with Gasteiger partial charge >= 0.3 is 0 Å². The molecule has 4 N–H and O–H groups in total. The van der Waals surface area contributed by atoms with E-state index in [0.29, 0.717) is 13.1 Å². The van der Waals surface area contributed by atoms with E-state index < -0.39 is 0 Å². The van der Waals surface area contributed by atoms with Crippen LogP contribution in [0.25, 0.3) is 0 Å². The van der Waals surface area contributed by atoms with Crippen LogP contribution in [0.15, 0.2) is 0 Å². The summed E-state index contributed by atoms with van der Waals surface area (Å²) in [5.74, 6) is 0. The Labute approximate surface area is 319 Å². The second-order valence-electron chi connectivity index (χ2n) is 16.4. The average Bonchev–Trinajstić information content (AvgIpc) is 3.13. The number of unbranched alkanes of at least 4 members (excludes halogenated alkanes) is 21. The van der Waals surface area contributed by atoms with E-state index >= 15 is 0 Å². The molecule has 3 unspecified atom stereocenters. The number of piperazine rings is 1. The monoisotopic (exact) mass is 725 g/mol. The third kappa shape index (κ3) is 31.7. The average molecular weight is 725 g/mol. The molecule has 1 rings (SSSR count). The zero-order valence-electron chi connectivity index (χ0n) is 34.8. The largest absolute Gasteiger partial charge is 0.392 e. The van der Waals surface area contributed by atoms with Gasteiger partial charge in [0.25, 0.3) is 0 Å². The maximum atomic E-state index is 11.1. The standard InChI is InChI=1S/C44H92N4O3/c1-4-7-10-13-16-19-22-25-28-42(49)39-47(36-35-46-33-31-45-32-34-46)37-38-48(40-43(50)29-26-23-20-17-14-11-8-5-2)41-44(51)30-27-24-21-18-15-12-9-6-3/h42-45,49-51H,4-41H2,1-3H3. The maximum absolute atomic E-state index is 11.1. The summed E-state index contributed by atoms with van der Waals surface area (Å²) < 4.78 is 0. The van der Waals surface area contributed by atoms with E-state index in [4.69, 9.17) is 0 Å². The SMILES string of the molecule is CCCCCCCCCCC(O)CN(CCN1CCNCC1)CCN(CC(O)CCCCCCCCCC)CC(O)CCCCCCCCCC. The van der Waals surface area contributed by atoms with Gasteiger partial charge in [0.2, 0.25) is 0 Å². The highest BCUT2D eigenvalue weighted by molar-refractivity contribution is 4.75. The fraction of sp³-hybridized carbons (Fsp3) is 1.00. The maximum Gasteiger partial charge on any atom is 0.0667 e. The van der Waals surface area contributed by atoms with E-state index in [1.807, 2.05) is 0 Å². The van der Waals surface area contributed by atoms with Gasteiger partial charge in [0, 0.05) is 72.0 Å². The molecule has 0 radical (unpaired) electrons. The Morgan fingerprint density at radius 3 is 1.12 bits per heavy atom. The Morgan fingerprint density at radius 2 is 0.745 bits per heavy atom. The van der Waals surface area contributed by atoms with E-state index in [0.717, 1.165) is 97.4 Å². The highest BCUT2D eigenvalue weighted by Crippen LogP contribution is 2.15. The van der Waals surface area contributed by atoms with Gasteiger partial charge in [-0.1, -0.05) is 175 Å². The molecule has 306 valence electrons. The number of nitrogens with zero attached hydrogens (tertiary/aromatic N) is 3. The Kier molecular flexibility index (Phi) is 35.1. The summed E-state index contributed by atoms with van der Waals surface area (Å²) in [4.78, 5) is 7.36. The zero-order chi connectivity index (χ0) is 37.0. The van der Waals surface area contributed by atoms with Crippen LogP contribution in [0.2, 0.25) is 0 Å². The predicted octanol–water partition coefficient (Wildman–Crippen LogP) is 9.17. The van der Waals surface area contributed by atoms with Crippen molar-refractivity contribution in [3.05, 3.63) is 0 Å². The number of aliphatic hydroxyl groups is 3. The van der Waals surface area contributed by atoms with Gasteiger partial charge in [0.05, 0.1) is 18.3 Å². The first-order chi connectivity index (χ1) is 25.0. The molecule has 0 amide bonds. The molecule has 7 nitrogen and oxygen atoms in total. The summed E-state index contributed by atoms with van der Waals surface area (Å²) in [6, 6.07) is 0. The summed E-state index contributed by atoms with van der Waals surface area (Å²) in [5, 5.41) is 36.9. The first kappa shape index (κ1) is 48.7. The third-order valence-corrected chi connectivity index (χ3v) is 11.3. The van der Waals surface area contributed by atoms with E-state index in [-0.39, 0.29) is 18.3 Å². The van der Waals surface area contributed by atoms with Crippen LogP contribution in [0.1, 0.15) is 194 Å². The number of hydrogen-bond donors (Lipinski definition) is 4. The molecule has 1 saturated heterocycles. The first-order valence-electron chi connectivity index (χ1n) is 22.9. The second kappa shape index (κ2) is 36.7. The molecule has 0 aliphatic carbocycles. The molecule has 0 saturated carbocycles. The lowest BCUT2D eigenvalue weighted by molar-refractivity contribution is 0.0463. The molecular formula is C44H92N4O3. The van der Waals surface area contributed by atoms with E-state index in [2.05, 4.69) is 40.8 Å². The molecule has 0 bridgehead atoms. The minimum Gasteiger partial charge on any atom is -0.392 e. The molecule has 1 aliphatic heterocycles. The molecule has 1 aliphatic rings. The van der Waals surface area contributed by atoms with Crippen molar-refractivity contribution in [3.63, 3.8) is 0 Å². The Balaban J connectivity index is 2.65. The van der Waals surface area contributed by atoms with Crippen LogP contribution in [0, 0.1) is 0 Å². The number of aliphatic hydroxyl groups excluding tert-OH is 3. The topological polar surface area (TPSA) is 82.4 Å². The summed E-state index contributed by atoms with van der Waals surface area (Å²) in [6.45, 7) is 16.8. The highest BCUT2D eigenvalue weighted by Gasteiger charge is 2.20. The van der Waals surface area contributed by atoms with Gasteiger partial charge in [-0.25, -0.2) is 0 Å². The summed E-state index contributed by atoms with van der Waals surface area (Å²) in [6.07, 6.45) is 32.5. The van der Waals surface area contributed by atoms with Crippen molar-refractivity contribution in [1.29, 1.82) is 0 Å². The van der Waals surface area contributed by atoms with E-state index in [1.54, 1.807) is 0 Å². The van der Waals surface area contributed by atoms with Gasteiger partial charge < -0.3 is 20.6 Å². The fourth-order valence-electron chi connectivity index (χ4n) is 7.76. The molecule has 1 fully saturated rings. The first-order valence-corrected chi connectivity index (χ1v) is 22.9. The Morgan fingerprint density at radius 1 is 0.431 bits per heavy atom. The normalized spacial score (nSPS) is 16.0. The number of rotatable bonds is 39. The molecule has 0 spiro atoms. The van der Waals surface area contributed by atoms with Crippen LogP contribution < -0.4 is 5.32 Å². The molecule has 0 aromatic carbocycles. The lowest BCUT2D eigenvalue weighted by Gasteiger charge is -2.33. The van der Waals surface area contributed by atoms with Crippen LogP contribution in [0.3, 0.4) is 0 Å². The molecule has 1 heterocycles. The van der Waals surface area contributed by atoms with Crippen molar-refractivity contribution < 1.29 is 15.3 Å². The van der Waals surface area contributed by atoms with Crippen LogP contribution in [-0.2, 0) is 0 Å². The molecule has 0 aromatic heterocycles. The molecule has 0 aromatic rings. The third-order valence-electron chi connectivity index (χ3n) is 11.3. The quantitative estimate of drug-likeness (QED) is 0.0471. The Hall–Kier alpha value is -0.280. The van der Waals surface area contributed by atoms with Crippen molar-refractivity contribution >= 4 is 0 Å². The lowest BCUT2D eigenvalue weighted by Crippen LogP contribution is -2.48. The van der Waals surface area contributed by atoms with Gasteiger partial charge in [0.1, 0.15) is 0 Å². The molecule has 3 atom stereocenters. The van der Waals surface area contributed by atoms with Crippen LogP contribution in [0.4, 0.5) is 0 Å². The summed E-state index contributed by atoms with van der Waals surface area (Å²) in [7, 11) is 0. The van der Waals surface area contributed by atoms with E-state index in [1.165, 1.54) is 135 Å².